The summed E-state index contributed by atoms with van der Waals surface area (Å²) in [4.78, 5) is 48.6. The number of carboxylic acids is 1. The summed E-state index contributed by atoms with van der Waals surface area (Å²) in [5.41, 5.74) is -2.38. The van der Waals surface area contributed by atoms with E-state index in [2.05, 4.69) is 16.0 Å². The number of carbonyl (C=O) groups excluding carboxylic acids is 3. The fourth-order valence-corrected chi connectivity index (χ4v) is 4.85. The van der Waals surface area contributed by atoms with Crippen molar-refractivity contribution in [2.24, 2.45) is 5.41 Å². The molecule has 3 unspecified atom stereocenters. The Balaban J connectivity index is 4.22. The van der Waals surface area contributed by atoms with E-state index in [1.54, 1.807) is 14.0 Å². The molecule has 0 heterocycles. The van der Waals surface area contributed by atoms with Crippen LogP contribution in [0, 0.1) is 5.41 Å². The molecule has 0 aliphatic rings. The van der Waals surface area contributed by atoms with Gasteiger partial charge < -0.3 is 40.0 Å². The van der Waals surface area contributed by atoms with Crippen molar-refractivity contribution >= 4 is 23.3 Å². The summed E-state index contributed by atoms with van der Waals surface area (Å²) in [5.74, 6) is -0.919. The van der Waals surface area contributed by atoms with Crippen LogP contribution in [0.2, 0.25) is 0 Å². The summed E-state index contributed by atoms with van der Waals surface area (Å²) in [7, 11) is 1.57. The minimum atomic E-state index is -0.972. The summed E-state index contributed by atoms with van der Waals surface area (Å²) in [6, 6.07) is -0.752. The first-order chi connectivity index (χ1) is 20.9. The van der Waals surface area contributed by atoms with Crippen LogP contribution < -0.4 is 16.0 Å². The molecule has 0 aromatic heterocycles. The lowest BCUT2D eigenvalue weighted by Crippen LogP contribution is -2.51. The molecule has 0 saturated carbocycles. The van der Waals surface area contributed by atoms with E-state index in [1.807, 2.05) is 55.4 Å². The van der Waals surface area contributed by atoms with Gasteiger partial charge in [-0.05, 0) is 67.3 Å². The van der Waals surface area contributed by atoms with Crippen LogP contribution in [0.1, 0.15) is 94.4 Å². The molecule has 0 fully saturated rings. The number of hydrogen-bond acceptors (Lipinski definition) is 11. The number of carboxylic acid groups (broad SMARTS) is 1. The van der Waals surface area contributed by atoms with Gasteiger partial charge in [-0.2, -0.15) is 0 Å². The number of hydrogen-bond donors (Lipinski definition) is 4. The molecule has 3 atom stereocenters. The van der Waals surface area contributed by atoms with Crippen molar-refractivity contribution in [1.82, 2.24) is 16.0 Å². The maximum atomic E-state index is 12.8. The minimum absolute atomic E-state index is 0.0350. The molecule has 12 nitrogen and oxygen atoms in total. The molecule has 0 amide bonds. The van der Waals surface area contributed by atoms with Gasteiger partial charge in [-0.1, -0.05) is 27.7 Å². The molecule has 0 spiro atoms. The topological polar surface area (TPSA) is 162 Å². The highest BCUT2D eigenvalue weighted by molar-refractivity contribution is 5.89. The van der Waals surface area contributed by atoms with Gasteiger partial charge in [0.1, 0.15) is 18.4 Å². The van der Waals surface area contributed by atoms with Gasteiger partial charge in [0.15, 0.2) is 11.6 Å². The zero-order chi connectivity index (χ0) is 34.7. The second-order valence-electron chi connectivity index (χ2n) is 13.3. The van der Waals surface area contributed by atoms with E-state index in [1.165, 1.54) is 0 Å². The first-order valence-corrected chi connectivity index (χ1v) is 16.2. The highest BCUT2D eigenvalue weighted by Crippen LogP contribution is 2.31. The van der Waals surface area contributed by atoms with Gasteiger partial charge in [-0.25, -0.2) is 0 Å². The number of nitrogens with one attached hydrogen (secondary N) is 3. The van der Waals surface area contributed by atoms with Crippen molar-refractivity contribution in [2.75, 3.05) is 66.4 Å². The smallest absolute Gasteiger partial charge is 0.320 e. The number of Topliss-reactive ketones (excluding diaryl/α,β-unsaturated/α-hetero) is 3. The molecule has 0 rings (SSSR count). The minimum Gasteiger partial charge on any atom is -0.480 e. The number of ether oxygens (including phenoxy) is 4. The lowest BCUT2D eigenvalue weighted by molar-refractivity contribution is -0.139. The molecule has 12 heteroatoms. The fourth-order valence-electron chi connectivity index (χ4n) is 4.85. The van der Waals surface area contributed by atoms with Gasteiger partial charge in [0.25, 0.3) is 0 Å². The summed E-state index contributed by atoms with van der Waals surface area (Å²) < 4.78 is 22.8. The zero-order valence-electron chi connectivity index (χ0n) is 29.7. The standard InChI is InChI=1S/C33H63N3O9/c1-11-32(8,27(38)14-13-26(34-10)29(40)41)35-15-17-42-19-20-44-23-28(39)33(9,12-2)36-16-18-43-21-22-45-31(6,7)24-30(4,5)25(3)37/h26,34-36H,11-24H2,1-10H3,(H,40,41). The van der Waals surface area contributed by atoms with Crippen molar-refractivity contribution in [3.8, 4) is 0 Å². The molecule has 0 aliphatic heterocycles. The number of carbonyl (C=O) groups is 4. The summed E-state index contributed by atoms with van der Waals surface area (Å²) in [6.45, 7) is 20.1. The van der Waals surface area contributed by atoms with E-state index >= 15 is 0 Å². The molecule has 0 aliphatic carbocycles. The van der Waals surface area contributed by atoms with E-state index in [0.717, 1.165) is 0 Å². The molecular formula is C33H63N3O9. The van der Waals surface area contributed by atoms with Crippen LogP contribution in [0.5, 0.6) is 0 Å². The average Bonchev–Trinajstić information content (AvgIpc) is 2.96. The number of aliphatic carboxylic acids is 1. The van der Waals surface area contributed by atoms with E-state index in [0.29, 0.717) is 65.4 Å². The van der Waals surface area contributed by atoms with E-state index < -0.39 is 34.1 Å². The fraction of sp³-hybridized carbons (Fsp3) is 0.879. The van der Waals surface area contributed by atoms with Gasteiger partial charge in [-0.15, -0.1) is 0 Å². The Bertz CT molecular complexity index is 912. The third-order valence-corrected chi connectivity index (χ3v) is 8.62. The van der Waals surface area contributed by atoms with Crippen molar-refractivity contribution in [3.05, 3.63) is 0 Å². The van der Waals surface area contributed by atoms with Crippen LogP contribution in [0.25, 0.3) is 0 Å². The Morgan fingerprint density at radius 1 is 0.733 bits per heavy atom. The third kappa shape index (κ3) is 17.1. The van der Waals surface area contributed by atoms with E-state index in [4.69, 9.17) is 24.1 Å². The van der Waals surface area contributed by atoms with Gasteiger partial charge in [0, 0.05) is 24.9 Å². The molecule has 0 bridgehead atoms. The lowest BCUT2D eigenvalue weighted by atomic mass is 9.79. The normalized spacial score (nSPS) is 15.7. The predicted molar refractivity (Wildman–Crippen MR) is 175 cm³/mol. The molecule has 0 aromatic rings. The van der Waals surface area contributed by atoms with Gasteiger partial charge >= 0.3 is 5.97 Å². The van der Waals surface area contributed by atoms with Crippen LogP contribution in [-0.4, -0.2) is 118 Å². The summed E-state index contributed by atoms with van der Waals surface area (Å²) >= 11 is 0. The first-order valence-electron chi connectivity index (χ1n) is 16.2. The highest BCUT2D eigenvalue weighted by atomic mass is 16.5. The second-order valence-corrected chi connectivity index (χ2v) is 13.3. The Morgan fingerprint density at radius 2 is 1.22 bits per heavy atom. The monoisotopic (exact) mass is 645 g/mol. The zero-order valence-corrected chi connectivity index (χ0v) is 29.7. The SMILES string of the molecule is CCC(C)(NCCOCCOCC(=O)C(C)(CC)NCCOCCOC(C)(C)CC(C)(C)C(C)=O)C(=O)CCC(NC)C(=O)O. The van der Waals surface area contributed by atoms with Crippen LogP contribution in [0.4, 0.5) is 0 Å². The number of ketones is 3. The van der Waals surface area contributed by atoms with Crippen LogP contribution in [0.15, 0.2) is 0 Å². The highest BCUT2D eigenvalue weighted by Gasteiger charge is 2.33. The molecule has 45 heavy (non-hydrogen) atoms. The molecular weight excluding hydrogens is 582 g/mol. The Morgan fingerprint density at radius 3 is 1.69 bits per heavy atom. The van der Waals surface area contributed by atoms with Crippen LogP contribution in [0.3, 0.4) is 0 Å². The largest absolute Gasteiger partial charge is 0.480 e. The molecule has 4 N–H and O–H groups in total. The Kier molecular flexibility index (Phi) is 20.3. The van der Waals surface area contributed by atoms with Gasteiger partial charge in [0.2, 0.25) is 0 Å². The van der Waals surface area contributed by atoms with Crippen LogP contribution >= 0.6 is 0 Å². The van der Waals surface area contributed by atoms with Crippen molar-refractivity contribution in [3.63, 3.8) is 0 Å². The number of rotatable bonds is 29. The predicted octanol–water partition coefficient (Wildman–Crippen LogP) is 2.94. The molecule has 0 aromatic carbocycles. The van der Waals surface area contributed by atoms with E-state index in [9.17, 15) is 19.2 Å². The van der Waals surface area contributed by atoms with Gasteiger partial charge in [-0.3, -0.25) is 19.2 Å². The summed E-state index contributed by atoms with van der Waals surface area (Å²) in [5, 5.41) is 18.4. The van der Waals surface area contributed by atoms with Gasteiger partial charge in [0.05, 0.1) is 56.3 Å². The maximum absolute atomic E-state index is 12.8. The lowest BCUT2D eigenvalue weighted by Gasteiger charge is -2.33. The van der Waals surface area contributed by atoms with Crippen LogP contribution in [-0.2, 0) is 38.1 Å². The first kappa shape index (κ1) is 43.2. The number of likely N-dealkylation sites (N-methyl/N-ethyl adjacent to an activating group) is 1. The van der Waals surface area contributed by atoms with E-state index in [-0.39, 0.29) is 43.4 Å². The Labute approximate surface area is 271 Å². The quantitative estimate of drug-likeness (QED) is 0.0882. The third-order valence-electron chi connectivity index (χ3n) is 8.62. The van der Waals surface area contributed by atoms with Crippen molar-refractivity contribution < 1.29 is 43.2 Å². The molecule has 264 valence electrons. The molecule has 0 saturated heterocycles. The Hall–Kier alpha value is -1.80. The summed E-state index contributed by atoms with van der Waals surface area (Å²) in [6.07, 6.45) is 2.18. The molecule has 0 radical (unpaired) electrons. The van der Waals surface area contributed by atoms with Crippen molar-refractivity contribution in [1.29, 1.82) is 0 Å². The average molecular weight is 646 g/mol. The second kappa shape index (κ2) is 21.1. The maximum Gasteiger partial charge on any atom is 0.320 e. The van der Waals surface area contributed by atoms with Crippen molar-refractivity contribution in [2.45, 2.75) is 117 Å².